The van der Waals surface area contributed by atoms with Crippen molar-refractivity contribution in [2.45, 2.75) is 51.4 Å². The molecule has 2 heterocycles. The standard InChI is InChI=1S/C32H34N4/c1(11-21-33-31-23-13-3-7-17-27(23)35-28-18-8-4-14-24(28)31)2-12-22-34-32-25-15-5-9-19-29(25)36-30-20-10-6-16-26(30)32/h3-7,9,13-17,19H,1-2,8,10-12,18,20-22H2,(H,33,35)(H,34,36). The van der Waals surface area contributed by atoms with E-state index in [0.717, 1.165) is 49.8 Å². The van der Waals surface area contributed by atoms with E-state index in [-0.39, 0.29) is 0 Å². The van der Waals surface area contributed by atoms with E-state index in [2.05, 4.69) is 83.5 Å². The average molecular weight is 475 g/mol. The Bertz CT molecular complexity index is 1340. The van der Waals surface area contributed by atoms with Crippen LogP contribution in [0.5, 0.6) is 0 Å². The van der Waals surface area contributed by atoms with Crippen molar-refractivity contribution in [3.63, 3.8) is 0 Å². The smallest absolute Gasteiger partial charge is 0.0726 e. The number of unbranched alkanes of at least 4 members (excludes halogenated alkanes) is 3. The van der Waals surface area contributed by atoms with E-state index in [9.17, 15) is 0 Å². The molecule has 0 unspecified atom stereocenters. The van der Waals surface area contributed by atoms with Crippen LogP contribution in [0.25, 0.3) is 34.0 Å². The molecule has 2 aromatic heterocycles. The maximum atomic E-state index is 4.92. The number of allylic oxidation sites excluding steroid dienone is 2. The van der Waals surface area contributed by atoms with Gasteiger partial charge >= 0.3 is 0 Å². The molecule has 0 aliphatic heterocycles. The molecular weight excluding hydrogens is 440 g/mol. The van der Waals surface area contributed by atoms with Gasteiger partial charge in [0.2, 0.25) is 0 Å². The van der Waals surface area contributed by atoms with Gasteiger partial charge in [-0.3, -0.25) is 9.97 Å². The second-order valence-electron chi connectivity index (χ2n) is 9.88. The first-order valence-electron chi connectivity index (χ1n) is 13.5. The highest BCUT2D eigenvalue weighted by molar-refractivity contribution is 5.97. The van der Waals surface area contributed by atoms with Gasteiger partial charge in [0.25, 0.3) is 0 Å². The topological polar surface area (TPSA) is 49.8 Å². The van der Waals surface area contributed by atoms with Gasteiger partial charge < -0.3 is 10.6 Å². The van der Waals surface area contributed by atoms with E-state index >= 15 is 0 Å². The van der Waals surface area contributed by atoms with Gasteiger partial charge in [0.05, 0.1) is 33.8 Å². The fourth-order valence-corrected chi connectivity index (χ4v) is 5.55. The van der Waals surface area contributed by atoms with Crippen LogP contribution in [-0.4, -0.2) is 23.1 Å². The van der Waals surface area contributed by atoms with Crippen molar-refractivity contribution >= 4 is 45.3 Å². The number of para-hydroxylation sites is 2. The number of anilines is 2. The number of nitrogens with one attached hydrogen (secondary N) is 2. The summed E-state index contributed by atoms with van der Waals surface area (Å²) in [6.45, 7) is 1.99. The maximum Gasteiger partial charge on any atom is 0.0726 e. The van der Waals surface area contributed by atoms with E-state index in [4.69, 9.17) is 9.97 Å². The minimum atomic E-state index is 0.995. The number of hydrogen-bond acceptors (Lipinski definition) is 4. The van der Waals surface area contributed by atoms with E-state index in [0.29, 0.717) is 0 Å². The second kappa shape index (κ2) is 10.5. The maximum absolute atomic E-state index is 4.92. The molecule has 0 atom stereocenters. The van der Waals surface area contributed by atoms with Crippen molar-refractivity contribution < 1.29 is 0 Å². The summed E-state index contributed by atoms with van der Waals surface area (Å²) < 4.78 is 0. The molecule has 36 heavy (non-hydrogen) atoms. The summed E-state index contributed by atoms with van der Waals surface area (Å²) in [5.74, 6) is 0. The number of nitrogens with zero attached hydrogens (tertiary/aromatic N) is 2. The third-order valence-electron chi connectivity index (χ3n) is 7.39. The van der Waals surface area contributed by atoms with Crippen LogP contribution in [0, 0.1) is 0 Å². The zero-order valence-corrected chi connectivity index (χ0v) is 20.9. The van der Waals surface area contributed by atoms with Gasteiger partial charge in [0, 0.05) is 35.0 Å². The molecular formula is C32H34N4. The van der Waals surface area contributed by atoms with Gasteiger partial charge in [-0.25, -0.2) is 0 Å². The molecule has 4 aromatic rings. The molecule has 0 fully saturated rings. The van der Waals surface area contributed by atoms with Crippen molar-refractivity contribution in [1.29, 1.82) is 0 Å². The van der Waals surface area contributed by atoms with Crippen LogP contribution >= 0.6 is 0 Å². The molecule has 182 valence electrons. The number of fused-ring (bicyclic) bond motifs is 4. The highest BCUT2D eigenvalue weighted by Crippen LogP contribution is 2.34. The molecule has 4 nitrogen and oxygen atoms in total. The molecule has 0 bridgehead atoms. The zero-order chi connectivity index (χ0) is 24.2. The fraction of sp³-hybridized carbons (Fsp3) is 0.312. The number of rotatable bonds is 9. The lowest BCUT2D eigenvalue weighted by Gasteiger charge is -2.19. The third kappa shape index (κ3) is 4.60. The molecule has 0 saturated heterocycles. The summed E-state index contributed by atoms with van der Waals surface area (Å²) in [6, 6.07) is 17.0. The van der Waals surface area contributed by atoms with E-state index in [1.54, 1.807) is 0 Å². The lowest BCUT2D eigenvalue weighted by Crippen LogP contribution is -2.09. The van der Waals surface area contributed by atoms with Crippen LogP contribution in [-0.2, 0) is 12.8 Å². The Hall–Kier alpha value is -3.66. The van der Waals surface area contributed by atoms with E-state index < -0.39 is 0 Å². The summed E-state index contributed by atoms with van der Waals surface area (Å²) in [5, 5.41) is 9.99. The Balaban J connectivity index is 1.03. The lowest BCUT2D eigenvalue weighted by atomic mass is 9.98. The molecule has 4 heteroatoms. The average Bonchev–Trinajstić information content (AvgIpc) is 2.93. The molecule has 6 rings (SSSR count). The molecule has 2 aromatic carbocycles. The van der Waals surface area contributed by atoms with E-state index in [1.165, 1.54) is 70.3 Å². The Morgan fingerprint density at radius 1 is 0.583 bits per heavy atom. The second-order valence-corrected chi connectivity index (χ2v) is 9.88. The van der Waals surface area contributed by atoms with Crippen molar-refractivity contribution in [2.24, 2.45) is 0 Å². The molecule has 2 aliphatic carbocycles. The zero-order valence-electron chi connectivity index (χ0n) is 20.9. The number of aromatic nitrogens is 2. The fourth-order valence-electron chi connectivity index (χ4n) is 5.55. The molecule has 0 spiro atoms. The highest BCUT2D eigenvalue weighted by atomic mass is 14.9. The van der Waals surface area contributed by atoms with Crippen molar-refractivity contribution in [1.82, 2.24) is 9.97 Å². The minimum absolute atomic E-state index is 0.995. The number of aryl methyl sites for hydroxylation is 2. The number of benzene rings is 2. The first kappa shape index (κ1) is 22.8. The van der Waals surface area contributed by atoms with Crippen LogP contribution in [0.1, 0.15) is 61.0 Å². The first-order valence-corrected chi connectivity index (χ1v) is 13.5. The first-order chi connectivity index (χ1) is 17.9. The van der Waals surface area contributed by atoms with Gasteiger partial charge in [0.1, 0.15) is 0 Å². The van der Waals surface area contributed by atoms with Crippen LogP contribution in [0.4, 0.5) is 11.4 Å². The minimum Gasteiger partial charge on any atom is -0.384 e. The summed E-state index contributed by atoms with van der Waals surface area (Å²) in [4.78, 5) is 9.84. The Morgan fingerprint density at radius 2 is 1.06 bits per heavy atom. The normalized spacial score (nSPS) is 14.1. The Kier molecular flexibility index (Phi) is 6.66. The van der Waals surface area contributed by atoms with E-state index in [1.807, 2.05) is 0 Å². The van der Waals surface area contributed by atoms with Gasteiger partial charge in [0.15, 0.2) is 0 Å². The predicted molar refractivity (Wildman–Crippen MR) is 154 cm³/mol. The monoisotopic (exact) mass is 474 g/mol. The van der Waals surface area contributed by atoms with Crippen molar-refractivity contribution in [3.8, 4) is 0 Å². The molecule has 0 amide bonds. The van der Waals surface area contributed by atoms with Crippen molar-refractivity contribution in [2.75, 3.05) is 23.7 Å². The van der Waals surface area contributed by atoms with Gasteiger partial charge in [-0.1, -0.05) is 73.5 Å². The number of hydrogen-bond donors (Lipinski definition) is 2. The summed E-state index contributed by atoms with van der Waals surface area (Å²) in [5.41, 5.74) is 9.74. The molecule has 2 N–H and O–H groups in total. The molecule has 2 aliphatic rings. The van der Waals surface area contributed by atoms with Crippen molar-refractivity contribution in [3.05, 3.63) is 83.2 Å². The summed E-state index contributed by atoms with van der Waals surface area (Å²) in [6.07, 6.45) is 18.1. The quantitative estimate of drug-likeness (QED) is 0.243. The van der Waals surface area contributed by atoms with Gasteiger partial charge in [-0.15, -0.1) is 0 Å². The van der Waals surface area contributed by atoms with Crippen LogP contribution < -0.4 is 10.6 Å². The van der Waals surface area contributed by atoms with Gasteiger partial charge in [-0.2, -0.15) is 0 Å². The summed E-state index contributed by atoms with van der Waals surface area (Å²) in [7, 11) is 0. The number of pyridine rings is 2. The Labute approximate surface area is 213 Å². The largest absolute Gasteiger partial charge is 0.384 e. The molecule has 0 saturated carbocycles. The van der Waals surface area contributed by atoms with Crippen LogP contribution in [0.15, 0.2) is 60.7 Å². The summed E-state index contributed by atoms with van der Waals surface area (Å²) >= 11 is 0. The lowest BCUT2D eigenvalue weighted by molar-refractivity contribution is 0.670. The van der Waals surface area contributed by atoms with Gasteiger partial charge in [-0.05, 0) is 50.7 Å². The SMILES string of the molecule is C1=Cc2c(nc3ccccc3c2NCCCCCCNc2c3c(nc4ccccc24)CCC=C3)CC1. The molecule has 0 radical (unpaired) electrons. The van der Waals surface area contributed by atoms with Crippen LogP contribution in [0.2, 0.25) is 0 Å². The third-order valence-corrected chi connectivity index (χ3v) is 7.39. The van der Waals surface area contributed by atoms with Crippen LogP contribution in [0.3, 0.4) is 0 Å². The predicted octanol–water partition coefficient (Wildman–Crippen LogP) is 7.79. The Morgan fingerprint density at radius 3 is 1.56 bits per heavy atom. The highest BCUT2D eigenvalue weighted by Gasteiger charge is 2.16.